The number of rotatable bonds is 4. The van der Waals surface area contributed by atoms with Crippen molar-refractivity contribution in [3.05, 3.63) is 24.5 Å². The highest BCUT2D eigenvalue weighted by Gasteiger charge is 2.51. The largest absolute Gasteiger partial charge is 0.481 e. The quantitative estimate of drug-likeness (QED) is 0.829. The third-order valence-corrected chi connectivity index (χ3v) is 4.45. The molecular weight excluding hydrogens is 270 g/mol. The van der Waals surface area contributed by atoms with Crippen LogP contribution in [0.4, 0.5) is 5.69 Å². The van der Waals surface area contributed by atoms with Gasteiger partial charge in [-0.25, -0.2) is 0 Å². The number of carboxylic acids is 1. The Hall–Kier alpha value is -2.11. The molecule has 0 spiro atoms. The number of amides is 1. The topological polar surface area (TPSA) is 84.2 Å². The SMILES string of the molecule is CC(C)n1cc(NC(=O)C2C3C=CC(C3)C2C(=O)O)cn1. The fourth-order valence-electron chi connectivity index (χ4n) is 3.43. The summed E-state index contributed by atoms with van der Waals surface area (Å²) in [6, 6.07) is 0.216. The second kappa shape index (κ2) is 5.02. The predicted molar refractivity (Wildman–Crippen MR) is 76.6 cm³/mol. The number of carbonyl (C=O) groups excluding carboxylic acids is 1. The number of hydrogen-bond donors (Lipinski definition) is 2. The van der Waals surface area contributed by atoms with E-state index < -0.39 is 17.8 Å². The standard InChI is InChI=1S/C15H19N3O3/c1-8(2)18-7-11(6-16-18)17-14(19)12-9-3-4-10(5-9)13(12)15(20)21/h3-4,6-10,12-13H,5H2,1-2H3,(H,17,19)(H,20,21). The van der Waals surface area contributed by atoms with Gasteiger partial charge in [-0.15, -0.1) is 0 Å². The van der Waals surface area contributed by atoms with E-state index in [4.69, 9.17) is 0 Å². The zero-order chi connectivity index (χ0) is 15.1. The smallest absolute Gasteiger partial charge is 0.307 e. The lowest BCUT2D eigenvalue weighted by molar-refractivity contribution is -0.146. The number of aliphatic carboxylic acids is 1. The molecule has 1 fully saturated rings. The fourth-order valence-corrected chi connectivity index (χ4v) is 3.43. The van der Waals surface area contributed by atoms with Crippen LogP contribution in [0.3, 0.4) is 0 Å². The maximum absolute atomic E-state index is 12.5. The van der Waals surface area contributed by atoms with Crippen molar-refractivity contribution in [2.45, 2.75) is 26.3 Å². The van der Waals surface area contributed by atoms with Gasteiger partial charge in [0.25, 0.3) is 0 Å². The maximum atomic E-state index is 12.5. The Balaban J connectivity index is 1.75. The second-order valence-electron chi connectivity index (χ2n) is 6.13. The number of carboxylic acid groups (broad SMARTS) is 1. The highest BCUT2D eigenvalue weighted by atomic mass is 16.4. The molecule has 1 heterocycles. The number of aromatic nitrogens is 2. The summed E-state index contributed by atoms with van der Waals surface area (Å²) in [7, 11) is 0. The lowest BCUT2D eigenvalue weighted by atomic mass is 9.82. The molecule has 1 saturated carbocycles. The molecule has 2 bridgehead atoms. The fraction of sp³-hybridized carbons (Fsp3) is 0.533. The van der Waals surface area contributed by atoms with Crippen molar-refractivity contribution in [1.82, 2.24) is 9.78 Å². The van der Waals surface area contributed by atoms with Crippen molar-refractivity contribution < 1.29 is 14.7 Å². The molecule has 0 radical (unpaired) electrons. The van der Waals surface area contributed by atoms with Crippen molar-refractivity contribution in [1.29, 1.82) is 0 Å². The van der Waals surface area contributed by atoms with Crippen molar-refractivity contribution >= 4 is 17.6 Å². The van der Waals surface area contributed by atoms with Crippen LogP contribution in [0.25, 0.3) is 0 Å². The highest BCUT2D eigenvalue weighted by Crippen LogP contribution is 2.48. The summed E-state index contributed by atoms with van der Waals surface area (Å²) in [5, 5.41) is 16.3. The van der Waals surface area contributed by atoms with Gasteiger partial charge in [-0.3, -0.25) is 14.3 Å². The van der Waals surface area contributed by atoms with E-state index in [0.717, 1.165) is 6.42 Å². The van der Waals surface area contributed by atoms with Gasteiger partial charge < -0.3 is 10.4 Å². The Labute approximate surface area is 122 Å². The molecule has 21 heavy (non-hydrogen) atoms. The maximum Gasteiger partial charge on any atom is 0.307 e. The molecule has 3 rings (SSSR count). The van der Waals surface area contributed by atoms with Crippen molar-refractivity contribution in [2.75, 3.05) is 5.32 Å². The van der Waals surface area contributed by atoms with E-state index in [0.29, 0.717) is 5.69 Å². The number of carbonyl (C=O) groups is 2. The van der Waals surface area contributed by atoms with E-state index in [2.05, 4.69) is 10.4 Å². The Kier molecular flexibility index (Phi) is 3.31. The zero-order valence-corrected chi connectivity index (χ0v) is 12.1. The molecule has 4 unspecified atom stereocenters. The van der Waals surface area contributed by atoms with Gasteiger partial charge in [-0.05, 0) is 32.1 Å². The second-order valence-corrected chi connectivity index (χ2v) is 6.13. The summed E-state index contributed by atoms with van der Waals surface area (Å²) < 4.78 is 1.75. The van der Waals surface area contributed by atoms with Gasteiger partial charge >= 0.3 is 5.97 Å². The summed E-state index contributed by atoms with van der Waals surface area (Å²) in [5.41, 5.74) is 0.615. The molecule has 4 atom stereocenters. The molecule has 1 aromatic heterocycles. The Morgan fingerprint density at radius 1 is 1.33 bits per heavy atom. The van der Waals surface area contributed by atoms with E-state index in [1.165, 1.54) is 0 Å². The zero-order valence-electron chi connectivity index (χ0n) is 12.1. The van der Waals surface area contributed by atoms with Gasteiger partial charge in [-0.1, -0.05) is 12.2 Å². The summed E-state index contributed by atoms with van der Waals surface area (Å²) in [6.07, 6.45) is 8.04. The number of anilines is 1. The van der Waals surface area contributed by atoms with Crippen LogP contribution < -0.4 is 5.32 Å². The number of nitrogens with zero attached hydrogens (tertiary/aromatic N) is 2. The number of nitrogens with one attached hydrogen (secondary N) is 1. The number of hydrogen-bond acceptors (Lipinski definition) is 3. The van der Waals surface area contributed by atoms with Gasteiger partial charge in [0.1, 0.15) is 0 Å². The minimum atomic E-state index is -0.884. The first-order valence-corrected chi connectivity index (χ1v) is 7.23. The van der Waals surface area contributed by atoms with E-state index >= 15 is 0 Å². The summed E-state index contributed by atoms with van der Waals surface area (Å²) >= 11 is 0. The molecule has 0 aliphatic heterocycles. The molecule has 2 aliphatic rings. The summed E-state index contributed by atoms with van der Waals surface area (Å²) in [5.74, 6) is -2.18. The molecular formula is C15H19N3O3. The van der Waals surface area contributed by atoms with E-state index in [1.54, 1.807) is 17.1 Å². The first-order chi connectivity index (χ1) is 9.97. The van der Waals surface area contributed by atoms with Crippen LogP contribution in [0.15, 0.2) is 24.5 Å². The van der Waals surface area contributed by atoms with Crippen LogP contribution in [-0.2, 0) is 9.59 Å². The molecule has 6 nitrogen and oxygen atoms in total. The monoisotopic (exact) mass is 289 g/mol. The Bertz CT molecular complexity index is 605. The van der Waals surface area contributed by atoms with Crippen molar-refractivity contribution in [3.63, 3.8) is 0 Å². The van der Waals surface area contributed by atoms with Crippen molar-refractivity contribution in [3.8, 4) is 0 Å². The van der Waals surface area contributed by atoms with Gasteiger partial charge in [0, 0.05) is 12.2 Å². The minimum Gasteiger partial charge on any atom is -0.481 e. The molecule has 1 aromatic rings. The third-order valence-electron chi connectivity index (χ3n) is 4.45. The highest BCUT2D eigenvalue weighted by molar-refractivity contribution is 5.96. The van der Waals surface area contributed by atoms with Crippen LogP contribution in [0.5, 0.6) is 0 Å². The van der Waals surface area contributed by atoms with Crippen LogP contribution in [0, 0.1) is 23.7 Å². The van der Waals surface area contributed by atoms with Gasteiger partial charge in [0.15, 0.2) is 0 Å². The molecule has 2 N–H and O–H groups in total. The van der Waals surface area contributed by atoms with Gasteiger partial charge in [0.2, 0.25) is 5.91 Å². The predicted octanol–water partition coefficient (Wildman–Crippen LogP) is 1.93. The first kappa shape index (κ1) is 13.9. The lowest BCUT2D eigenvalue weighted by Crippen LogP contribution is -2.36. The Morgan fingerprint density at radius 2 is 2.00 bits per heavy atom. The number of allylic oxidation sites excluding steroid dienone is 2. The molecule has 112 valence electrons. The minimum absolute atomic E-state index is 0.0124. The van der Waals surface area contributed by atoms with Gasteiger partial charge in [-0.2, -0.15) is 5.10 Å². The average molecular weight is 289 g/mol. The van der Waals surface area contributed by atoms with E-state index in [1.807, 2.05) is 26.0 Å². The third kappa shape index (κ3) is 2.34. The van der Waals surface area contributed by atoms with Gasteiger partial charge in [0.05, 0.1) is 23.7 Å². The normalized spacial score (nSPS) is 30.0. The number of fused-ring (bicyclic) bond motifs is 2. The van der Waals surface area contributed by atoms with E-state index in [-0.39, 0.29) is 23.8 Å². The van der Waals surface area contributed by atoms with Crippen molar-refractivity contribution in [2.24, 2.45) is 23.7 Å². The van der Waals surface area contributed by atoms with E-state index in [9.17, 15) is 14.7 Å². The summed E-state index contributed by atoms with van der Waals surface area (Å²) in [4.78, 5) is 23.9. The molecule has 0 saturated heterocycles. The lowest BCUT2D eigenvalue weighted by Gasteiger charge is -2.23. The molecule has 6 heteroatoms. The van der Waals surface area contributed by atoms with Crippen LogP contribution in [0.2, 0.25) is 0 Å². The Morgan fingerprint density at radius 3 is 2.57 bits per heavy atom. The molecule has 1 amide bonds. The molecule has 0 aromatic carbocycles. The van der Waals surface area contributed by atoms with Crippen LogP contribution in [0.1, 0.15) is 26.3 Å². The first-order valence-electron chi connectivity index (χ1n) is 7.23. The van der Waals surface area contributed by atoms with Crippen LogP contribution in [-0.4, -0.2) is 26.8 Å². The molecule has 2 aliphatic carbocycles. The van der Waals surface area contributed by atoms with Crippen LogP contribution >= 0.6 is 0 Å². The average Bonchev–Trinajstić information content (AvgIpc) is 3.12. The summed E-state index contributed by atoms with van der Waals surface area (Å²) in [6.45, 7) is 4.00.